The molecule has 0 spiro atoms. The first kappa shape index (κ1) is 13.0. The lowest BCUT2D eigenvalue weighted by Gasteiger charge is -2.41. The molecule has 0 atom stereocenters. The molecule has 0 aromatic rings. The van der Waals surface area contributed by atoms with E-state index in [-0.39, 0.29) is 5.41 Å². The molecular formula is C13H26O2. The Labute approximate surface area is 94.3 Å². The number of ether oxygens (including phenoxy) is 2. The molecule has 0 radical (unpaired) electrons. The molecule has 2 heteroatoms. The molecular weight excluding hydrogens is 188 g/mol. The van der Waals surface area contributed by atoms with Gasteiger partial charge >= 0.3 is 0 Å². The van der Waals surface area contributed by atoms with Gasteiger partial charge in [0.25, 0.3) is 0 Å². The van der Waals surface area contributed by atoms with Gasteiger partial charge in [-0.1, -0.05) is 26.2 Å². The Hall–Kier alpha value is -0.0800. The zero-order valence-electron chi connectivity index (χ0n) is 10.6. The van der Waals surface area contributed by atoms with Gasteiger partial charge in [-0.15, -0.1) is 0 Å². The molecule has 1 saturated carbocycles. The molecule has 0 aliphatic heterocycles. The van der Waals surface area contributed by atoms with Crippen molar-refractivity contribution in [2.24, 2.45) is 11.3 Å². The largest absolute Gasteiger partial charge is 0.384 e. The highest BCUT2D eigenvalue weighted by molar-refractivity contribution is 4.87. The van der Waals surface area contributed by atoms with Crippen molar-refractivity contribution in [3.8, 4) is 0 Å². The lowest BCUT2D eigenvalue weighted by atomic mass is 9.68. The smallest absolute Gasteiger partial charge is 0.0543 e. The number of hydrogen-bond donors (Lipinski definition) is 0. The van der Waals surface area contributed by atoms with Crippen LogP contribution in [0, 0.1) is 11.3 Å². The van der Waals surface area contributed by atoms with Gasteiger partial charge in [0.15, 0.2) is 0 Å². The minimum atomic E-state index is 0.268. The summed E-state index contributed by atoms with van der Waals surface area (Å²) < 4.78 is 10.8. The SMILES string of the molecule is CCC(COC)(COC)C1CCCCC1. The standard InChI is InChI=1S/C13H26O2/c1-4-13(10-14-2,11-15-3)12-8-6-5-7-9-12/h12H,4-11H2,1-3H3. The maximum absolute atomic E-state index is 5.42. The topological polar surface area (TPSA) is 18.5 Å². The molecule has 1 rings (SSSR count). The summed E-state index contributed by atoms with van der Waals surface area (Å²) in [5, 5.41) is 0. The maximum atomic E-state index is 5.42. The van der Waals surface area contributed by atoms with Gasteiger partial charge in [-0.2, -0.15) is 0 Å². The van der Waals surface area contributed by atoms with Crippen LogP contribution in [0.2, 0.25) is 0 Å². The van der Waals surface area contributed by atoms with Crippen LogP contribution in [0.5, 0.6) is 0 Å². The molecule has 1 aliphatic carbocycles. The third-order valence-electron chi connectivity index (χ3n) is 4.04. The Morgan fingerprint density at radius 2 is 1.53 bits per heavy atom. The lowest BCUT2D eigenvalue weighted by molar-refractivity contribution is -0.0432. The van der Waals surface area contributed by atoms with Gasteiger partial charge in [0, 0.05) is 19.6 Å². The summed E-state index contributed by atoms with van der Waals surface area (Å²) in [6.07, 6.45) is 8.08. The van der Waals surface area contributed by atoms with Crippen LogP contribution in [-0.4, -0.2) is 27.4 Å². The van der Waals surface area contributed by atoms with Crippen LogP contribution in [0.15, 0.2) is 0 Å². The number of rotatable bonds is 6. The van der Waals surface area contributed by atoms with E-state index in [1.165, 1.54) is 38.5 Å². The molecule has 1 fully saturated rings. The predicted octanol–water partition coefficient (Wildman–Crippen LogP) is 3.26. The van der Waals surface area contributed by atoms with Crippen LogP contribution in [0.25, 0.3) is 0 Å². The monoisotopic (exact) mass is 214 g/mol. The number of hydrogen-bond acceptors (Lipinski definition) is 2. The summed E-state index contributed by atoms with van der Waals surface area (Å²) >= 11 is 0. The van der Waals surface area contributed by atoms with Gasteiger partial charge in [0.05, 0.1) is 13.2 Å². The van der Waals surface area contributed by atoms with Gasteiger partial charge in [0.2, 0.25) is 0 Å². The van der Waals surface area contributed by atoms with E-state index in [0.29, 0.717) is 0 Å². The van der Waals surface area contributed by atoms with Gasteiger partial charge in [-0.05, 0) is 25.2 Å². The van der Waals surface area contributed by atoms with E-state index < -0.39 is 0 Å². The van der Waals surface area contributed by atoms with Gasteiger partial charge in [-0.3, -0.25) is 0 Å². The summed E-state index contributed by atoms with van der Waals surface area (Å²) in [6.45, 7) is 3.97. The van der Waals surface area contributed by atoms with Crippen molar-refractivity contribution in [2.75, 3.05) is 27.4 Å². The molecule has 0 N–H and O–H groups in total. The van der Waals surface area contributed by atoms with Crippen LogP contribution < -0.4 is 0 Å². The van der Waals surface area contributed by atoms with Crippen LogP contribution >= 0.6 is 0 Å². The zero-order valence-corrected chi connectivity index (χ0v) is 10.6. The highest BCUT2D eigenvalue weighted by atomic mass is 16.5. The van der Waals surface area contributed by atoms with Crippen molar-refractivity contribution in [3.63, 3.8) is 0 Å². The molecule has 0 amide bonds. The fourth-order valence-electron chi connectivity index (χ4n) is 3.06. The minimum Gasteiger partial charge on any atom is -0.384 e. The van der Waals surface area contributed by atoms with Crippen molar-refractivity contribution in [1.82, 2.24) is 0 Å². The average molecular weight is 214 g/mol. The molecule has 0 bridgehead atoms. The maximum Gasteiger partial charge on any atom is 0.0543 e. The third-order valence-corrected chi connectivity index (χ3v) is 4.04. The van der Waals surface area contributed by atoms with Crippen LogP contribution in [0.1, 0.15) is 45.4 Å². The van der Waals surface area contributed by atoms with Crippen LogP contribution in [-0.2, 0) is 9.47 Å². The molecule has 0 aromatic carbocycles. The van der Waals surface area contributed by atoms with Crippen LogP contribution in [0.4, 0.5) is 0 Å². The van der Waals surface area contributed by atoms with Gasteiger partial charge in [0.1, 0.15) is 0 Å². The second-order valence-corrected chi connectivity index (χ2v) is 4.92. The molecule has 0 saturated heterocycles. The lowest BCUT2D eigenvalue weighted by Crippen LogP contribution is -2.39. The second kappa shape index (κ2) is 6.49. The fraction of sp³-hybridized carbons (Fsp3) is 1.00. The minimum absolute atomic E-state index is 0.268. The Morgan fingerprint density at radius 3 is 1.93 bits per heavy atom. The fourth-order valence-corrected chi connectivity index (χ4v) is 3.06. The Morgan fingerprint density at radius 1 is 1.00 bits per heavy atom. The summed E-state index contributed by atoms with van der Waals surface area (Å²) in [7, 11) is 3.62. The second-order valence-electron chi connectivity index (χ2n) is 4.92. The van der Waals surface area contributed by atoms with Gasteiger partial charge in [-0.25, -0.2) is 0 Å². The van der Waals surface area contributed by atoms with E-state index in [4.69, 9.17) is 9.47 Å². The predicted molar refractivity (Wildman–Crippen MR) is 63.1 cm³/mol. The molecule has 0 heterocycles. The van der Waals surface area contributed by atoms with E-state index in [1.54, 1.807) is 0 Å². The summed E-state index contributed by atoms with van der Waals surface area (Å²) in [4.78, 5) is 0. The van der Waals surface area contributed by atoms with E-state index in [0.717, 1.165) is 19.1 Å². The first-order chi connectivity index (χ1) is 7.29. The van der Waals surface area contributed by atoms with Gasteiger partial charge < -0.3 is 9.47 Å². The Balaban J connectivity index is 2.66. The van der Waals surface area contributed by atoms with Crippen molar-refractivity contribution in [3.05, 3.63) is 0 Å². The summed E-state index contributed by atoms with van der Waals surface area (Å²) in [6, 6.07) is 0. The van der Waals surface area contributed by atoms with E-state index in [2.05, 4.69) is 6.92 Å². The van der Waals surface area contributed by atoms with Crippen molar-refractivity contribution >= 4 is 0 Å². The molecule has 0 aromatic heterocycles. The molecule has 90 valence electrons. The zero-order chi connectivity index (χ0) is 11.1. The normalized spacial score (nSPS) is 19.4. The highest BCUT2D eigenvalue weighted by Crippen LogP contribution is 2.41. The Kier molecular flexibility index (Phi) is 5.62. The molecule has 1 aliphatic rings. The quantitative estimate of drug-likeness (QED) is 0.675. The van der Waals surface area contributed by atoms with Crippen molar-refractivity contribution in [2.45, 2.75) is 45.4 Å². The number of methoxy groups -OCH3 is 2. The van der Waals surface area contributed by atoms with Crippen molar-refractivity contribution in [1.29, 1.82) is 0 Å². The third kappa shape index (κ3) is 3.18. The van der Waals surface area contributed by atoms with Crippen LogP contribution in [0.3, 0.4) is 0 Å². The average Bonchev–Trinajstić information content (AvgIpc) is 2.30. The summed E-state index contributed by atoms with van der Waals surface area (Å²) in [5.74, 6) is 0.802. The highest BCUT2D eigenvalue weighted by Gasteiger charge is 2.37. The first-order valence-corrected chi connectivity index (χ1v) is 6.27. The first-order valence-electron chi connectivity index (χ1n) is 6.27. The molecule has 0 unspecified atom stereocenters. The van der Waals surface area contributed by atoms with Crippen molar-refractivity contribution < 1.29 is 9.47 Å². The van der Waals surface area contributed by atoms with E-state index >= 15 is 0 Å². The summed E-state index contributed by atoms with van der Waals surface area (Å²) in [5.41, 5.74) is 0.268. The van der Waals surface area contributed by atoms with E-state index in [1.807, 2.05) is 14.2 Å². The molecule has 2 nitrogen and oxygen atoms in total. The Bertz CT molecular complexity index is 156. The molecule has 15 heavy (non-hydrogen) atoms. The van der Waals surface area contributed by atoms with E-state index in [9.17, 15) is 0 Å².